The molecule has 0 radical (unpaired) electrons. The standard InChI is InChI=1S/C18H23N3O/c1-12(2)10-16-14(4)20-21(15(16)5)18(22)11-19-17-9-7-6-8-13(17)3/h6-9,19H,1,10-11H2,2-5H3. The maximum Gasteiger partial charge on any atom is 0.266 e. The molecule has 0 spiro atoms. The number of anilines is 1. The number of nitrogens with zero attached hydrogens (tertiary/aromatic N) is 2. The van der Waals surface area contributed by atoms with E-state index in [9.17, 15) is 4.79 Å². The van der Waals surface area contributed by atoms with Gasteiger partial charge in [0.1, 0.15) is 0 Å². The van der Waals surface area contributed by atoms with Gasteiger partial charge in [-0.05, 0) is 45.7 Å². The van der Waals surface area contributed by atoms with Gasteiger partial charge in [0, 0.05) is 16.9 Å². The lowest BCUT2D eigenvalue weighted by molar-refractivity contribution is 0.0910. The third-order valence-electron chi connectivity index (χ3n) is 3.73. The van der Waals surface area contributed by atoms with Crippen LogP contribution < -0.4 is 5.32 Å². The number of carbonyl (C=O) groups is 1. The van der Waals surface area contributed by atoms with Crippen LogP contribution >= 0.6 is 0 Å². The third-order valence-corrected chi connectivity index (χ3v) is 3.73. The molecule has 0 saturated carbocycles. The Kier molecular flexibility index (Phi) is 4.81. The number of allylic oxidation sites excluding steroid dienone is 1. The zero-order valence-electron chi connectivity index (χ0n) is 13.7. The summed E-state index contributed by atoms with van der Waals surface area (Å²) in [7, 11) is 0. The molecule has 0 atom stereocenters. The molecule has 0 amide bonds. The first-order valence-electron chi connectivity index (χ1n) is 7.42. The van der Waals surface area contributed by atoms with E-state index in [0.717, 1.165) is 40.2 Å². The fourth-order valence-electron chi connectivity index (χ4n) is 2.49. The fourth-order valence-corrected chi connectivity index (χ4v) is 2.49. The molecule has 0 aliphatic carbocycles. The largest absolute Gasteiger partial charge is 0.376 e. The predicted octanol–water partition coefficient (Wildman–Crippen LogP) is 3.68. The lowest BCUT2D eigenvalue weighted by Gasteiger charge is -2.09. The summed E-state index contributed by atoms with van der Waals surface area (Å²) < 4.78 is 1.50. The Hall–Kier alpha value is -2.36. The molecule has 1 heterocycles. The van der Waals surface area contributed by atoms with Crippen LogP contribution in [0.4, 0.5) is 5.69 Å². The van der Waals surface area contributed by atoms with Gasteiger partial charge in [0.15, 0.2) is 0 Å². The molecular weight excluding hydrogens is 274 g/mol. The van der Waals surface area contributed by atoms with Gasteiger partial charge < -0.3 is 5.32 Å². The molecule has 1 aromatic carbocycles. The quantitative estimate of drug-likeness (QED) is 0.856. The van der Waals surface area contributed by atoms with Crippen LogP contribution in [-0.4, -0.2) is 22.2 Å². The molecule has 0 unspecified atom stereocenters. The highest BCUT2D eigenvalue weighted by atomic mass is 16.2. The normalized spacial score (nSPS) is 10.5. The summed E-state index contributed by atoms with van der Waals surface area (Å²) in [5, 5.41) is 7.56. The Bertz CT molecular complexity index is 713. The molecule has 0 bridgehead atoms. The van der Waals surface area contributed by atoms with Crippen molar-refractivity contribution in [1.82, 2.24) is 9.78 Å². The molecule has 2 rings (SSSR count). The Morgan fingerprint density at radius 3 is 2.59 bits per heavy atom. The first-order chi connectivity index (χ1) is 10.4. The summed E-state index contributed by atoms with van der Waals surface area (Å²) in [6.45, 7) is 12.0. The monoisotopic (exact) mass is 297 g/mol. The molecule has 1 aromatic heterocycles. The van der Waals surface area contributed by atoms with Crippen molar-refractivity contribution in [3.8, 4) is 0 Å². The maximum atomic E-state index is 12.4. The van der Waals surface area contributed by atoms with E-state index in [1.807, 2.05) is 52.0 Å². The Labute approximate surface area is 131 Å². The number of hydrogen-bond acceptors (Lipinski definition) is 3. The topological polar surface area (TPSA) is 46.9 Å². The highest BCUT2D eigenvalue weighted by Gasteiger charge is 2.16. The Balaban J connectivity index is 2.13. The molecule has 4 nitrogen and oxygen atoms in total. The lowest BCUT2D eigenvalue weighted by atomic mass is 10.1. The molecule has 0 aliphatic heterocycles. The van der Waals surface area contributed by atoms with E-state index < -0.39 is 0 Å². The molecule has 0 aliphatic rings. The summed E-state index contributed by atoms with van der Waals surface area (Å²) in [5.74, 6) is -0.0585. The summed E-state index contributed by atoms with van der Waals surface area (Å²) in [5.41, 5.74) is 6.04. The van der Waals surface area contributed by atoms with Crippen LogP contribution in [0.3, 0.4) is 0 Å². The van der Waals surface area contributed by atoms with Gasteiger partial charge in [-0.2, -0.15) is 5.10 Å². The van der Waals surface area contributed by atoms with Crippen molar-refractivity contribution >= 4 is 11.6 Å². The lowest BCUT2D eigenvalue weighted by Crippen LogP contribution is -2.23. The number of para-hydroxylation sites is 1. The van der Waals surface area contributed by atoms with Crippen LogP contribution in [0.1, 0.15) is 34.2 Å². The smallest absolute Gasteiger partial charge is 0.266 e. The molecular formula is C18H23N3O. The minimum Gasteiger partial charge on any atom is -0.376 e. The SMILES string of the molecule is C=C(C)Cc1c(C)nn(C(=O)CNc2ccccc2C)c1C. The molecule has 1 N–H and O–H groups in total. The number of hydrogen-bond donors (Lipinski definition) is 1. The van der Waals surface area contributed by atoms with Crippen molar-refractivity contribution < 1.29 is 4.79 Å². The predicted molar refractivity (Wildman–Crippen MR) is 90.5 cm³/mol. The average molecular weight is 297 g/mol. The van der Waals surface area contributed by atoms with Gasteiger partial charge in [-0.1, -0.05) is 30.4 Å². The van der Waals surface area contributed by atoms with Crippen LogP contribution in [0, 0.1) is 20.8 Å². The van der Waals surface area contributed by atoms with Crippen molar-refractivity contribution in [1.29, 1.82) is 0 Å². The number of nitrogens with one attached hydrogen (secondary N) is 1. The minimum atomic E-state index is -0.0585. The summed E-state index contributed by atoms with van der Waals surface area (Å²) >= 11 is 0. The highest BCUT2D eigenvalue weighted by Crippen LogP contribution is 2.17. The van der Waals surface area contributed by atoms with Crippen LogP contribution in [0.5, 0.6) is 0 Å². The zero-order chi connectivity index (χ0) is 16.3. The van der Waals surface area contributed by atoms with Gasteiger partial charge in [0.05, 0.1) is 12.2 Å². The second-order valence-electron chi connectivity index (χ2n) is 5.76. The summed E-state index contributed by atoms with van der Waals surface area (Å²) in [4.78, 5) is 12.4. The summed E-state index contributed by atoms with van der Waals surface area (Å²) in [6, 6.07) is 7.92. The van der Waals surface area contributed by atoms with E-state index in [4.69, 9.17) is 0 Å². The van der Waals surface area contributed by atoms with Crippen molar-refractivity contribution in [3.63, 3.8) is 0 Å². The van der Waals surface area contributed by atoms with Crippen molar-refractivity contribution in [2.45, 2.75) is 34.1 Å². The second kappa shape index (κ2) is 6.60. The fraction of sp³-hybridized carbons (Fsp3) is 0.333. The molecule has 2 aromatic rings. The van der Waals surface area contributed by atoms with Crippen LogP contribution in [0.15, 0.2) is 36.4 Å². The van der Waals surface area contributed by atoms with Gasteiger partial charge in [0.2, 0.25) is 0 Å². The van der Waals surface area contributed by atoms with E-state index in [-0.39, 0.29) is 12.5 Å². The van der Waals surface area contributed by atoms with Crippen molar-refractivity contribution in [2.24, 2.45) is 0 Å². The first-order valence-corrected chi connectivity index (χ1v) is 7.42. The van der Waals surface area contributed by atoms with Crippen LogP contribution in [-0.2, 0) is 6.42 Å². The number of aromatic nitrogens is 2. The van der Waals surface area contributed by atoms with Crippen LogP contribution in [0.25, 0.3) is 0 Å². The highest BCUT2D eigenvalue weighted by molar-refractivity contribution is 5.83. The first kappa shape index (κ1) is 16.0. The van der Waals surface area contributed by atoms with E-state index in [1.165, 1.54) is 4.68 Å². The second-order valence-corrected chi connectivity index (χ2v) is 5.76. The average Bonchev–Trinajstić information content (AvgIpc) is 2.74. The van der Waals surface area contributed by atoms with Crippen molar-refractivity contribution in [2.75, 3.05) is 11.9 Å². The van der Waals surface area contributed by atoms with Gasteiger partial charge in [0.25, 0.3) is 5.91 Å². The molecule has 22 heavy (non-hydrogen) atoms. The van der Waals surface area contributed by atoms with Gasteiger partial charge >= 0.3 is 0 Å². The van der Waals surface area contributed by atoms with E-state index in [2.05, 4.69) is 17.0 Å². The number of rotatable bonds is 5. The Morgan fingerprint density at radius 2 is 1.95 bits per heavy atom. The maximum absolute atomic E-state index is 12.4. The molecule has 116 valence electrons. The molecule has 4 heteroatoms. The third kappa shape index (κ3) is 3.45. The van der Waals surface area contributed by atoms with Crippen LogP contribution in [0.2, 0.25) is 0 Å². The Morgan fingerprint density at radius 1 is 1.27 bits per heavy atom. The van der Waals surface area contributed by atoms with Gasteiger partial charge in [-0.25, -0.2) is 4.68 Å². The zero-order valence-corrected chi connectivity index (χ0v) is 13.7. The molecule has 0 fully saturated rings. The van der Waals surface area contributed by atoms with E-state index in [0.29, 0.717) is 0 Å². The van der Waals surface area contributed by atoms with E-state index in [1.54, 1.807) is 0 Å². The van der Waals surface area contributed by atoms with Gasteiger partial charge in [-0.15, -0.1) is 0 Å². The van der Waals surface area contributed by atoms with E-state index >= 15 is 0 Å². The number of aryl methyl sites for hydroxylation is 2. The minimum absolute atomic E-state index is 0.0585. The molecule has 0 saturated heterocycles. The van der Waals surface area contributed by atoms with Gasteiger partial charge in [-0.3, -0.25) is 4.79 Å². The number of carbonyl (C=O) groups excluding carboxylic acids is 1. The summed E-state index contributed by atoms with van der Waals surface area (Å²) in [6.07, 6.45) is 0.760. The number of benzene rings is 1. The van der Waals surface area contributed by atoms with Crippen molar-refractivity contribution in [3.05, 3.63) is 58.9 Å².